The van der Waals surface area contributed by atoms with Crippen molar-refractivity contribution >= 4 is 38.7 Å². The number of hydrogen-bond acceptors (Lipinski definition) is 2. The molecule has 31 heavy (non-hydrogen) atoms. The van der Waals surface area contributed by atoms with E-state index >= 15 is 0 Å². The van der Waals surface area contributed by atoms with Crippen molar-refractivity contribution < 1.29 is 0 Å². The third-order valence-corrected chi connectivity index (χ3v) is 5.78. The second-order valence-corrected chi connectivity index (χ2v) is 7.58. The Labute approximate surface area is 179 Å². The van der Waals surface area contributed by atoms with E-state index in [9.17, 15) is 0 Å². The van der Waals surface area contributed by atoms with Crippen LogP contribution in [0.15, 0.2) is 108 Å². The third-order valence-electron chi connectivity index (χ3n) is 5.78. The molecule has 0 saturated carbocycles. The van der Waals surface area contributed by atoms with Gasteiger partial charge in [0.1, 0.15) is 0 Å². The summed E-state index contributed by atoms with van der Waals surface area (Å²) in [6.45, 7) is 0. The van der Waals surface area contributed by atoms with E-state index in [1.165, 1.54) is 0 Å². The van der Waals surface area contributed by atoms with E-state index < -0.39 is 0 Å². The van der Waals surface area contributed by atoms with Crippen LogP contribution in [0, 0.1) is 0 Å². The predicted octanol–water partition coefficient (Wildman–Crippen LogP) is 5.99. The van der Waals surface area contributed by atoms with Crippen molar-refractivity contribution in [2.75, 3.05) is 0 Å². The molecule has 3 heterocycles. The number of allylic oxidation sites excluding steroid dienone is 2. The van der Waals surface area contributed by atoms with Gasteiger partial charge < -0.3 is 25.2 Å². The van der Waals surface area contributed by atoms with Gasteiger partial charge in [-0.15, -0.1) is 0 Å². The minimum absolute atomic E-state index is 0.212. The van der Waals surface area contributed by atoms with E-state index in [2.05, 4.69) is 63.5 Å². The Hall–Kier alpha value is -4.25. The molecule has 1 aliphatic heterocycles. The number of nitrogens with zero attached hydrogens (tertiary/aromatic N) is 3. The molecule has 0 spiro atoms. The van der Waals surface area contributed by atoms with Crippen LogP contribution in [0.5, 0.6) is 0 Å². The largest absolute Gasteiger partial charge is 0.411 e. The third kappa shape index (κ3) is 2.74. The molecular formula is C26H20N5-. The van der Waals surface area contributed by atoms with Crippen molar-refractivity contribution in [3.63, 3.8) is 0 Å². The Morgan fingerprint density at radius 3 is 2.48 bits per heavy atom. The van der Waals surface area contributed by atoms with Gasteiger partial charge in [-0.1, -0.05) is 60.7 Å². The summed E-state index contributed by atoms with van der Waals surface area (Å²) in [6.07, 6.45) is 9.52. The van der Waals surface area contributed by atoms with E-state index in [1.807, 2.05) is 59.3 Å². The highest BCUT2D eigenvalue weighted by molar-refractivity contribution is 6.22. The van der Waals surface area contributed by atoms with Crippen LogP contribution in [0.3, 0.4) is 0 Å². The van der Waals surface area contributed by atoms with Crippen molar-refractivity contribution in [3.8, 4) is 5.69 Å². The van der Waals surface area contributed by atoms with E-state index in [0.717, 1.165) is 38.4 Å². The Morgan fingerprint density at radius 1 is 0.806 bits per heavy atom. The topological polar surface area (TPSA) is 58.0 Å². The van der Waals surface area contributed by atoms with Crippen LogP contribution in [-0.4, -0.2) is 21.3 Å². The Kier molecular flexibility index (Phi) is 3.93. The van der Waals surface area contributed by atoms with Crippen LogP contribution in [0.1, 0.15) is 0 Å². The number of aliphatic imine (C=N–C) groups is 1. The molecule has 6 rings (SSSR count). The standard InChI is InChI=1S/C26H20N5/c27-26(29-24-12-6-7-16-28-24)31-23-11-5-4-10-19(23)20-13-14-22-21(25(20)31)15-17-30(22)18-8-2-1-3-9-18/h1-17,24,28H,(H-,27,29)/q-1. The summed E-state index contributed by atoms with van der Waals surface area (Å²) >= 11 is 0. The Bertz CT molecular complexity index is 1520. The lowest BCUT2D eigenvalue weighted by Crippen LogP contribution is -2.23. The first kappa shape index (κ1) is 17.6. The van der Waals surface area contributed by atoms with E-state index in [0.29, 0.717) is 0 Å². The number of para-hydroxylation sites is 2. The van der Waals surface area contributed by atoms with Crippen molar-refractivity contribution in [1.29, 1.82) is 0 Å². The second kappa shape index (κ2) is 6.92. The molecule has 0 aliphatic carbocycles. The average molecular weight is 402 g/mol. The number of rotatable bonds is 2. The highest BCUT2D eigenvalue weighted by atomic mass is 15.2. The fourth-order valence-corrected chi connectivity index (χ4v) is 4.41. The van der Waals surface area contributed by atoms with Gasteiger partial charge in [-0.25, -0.2) is 0 Å². The van der Waals surface area contributed by atoms with Crippen LogP contribution < -0.4 is 5.32 Å². The highest BCUT2D eigenvalue weighted by Crippen LogP contribution is 2.35. The number of aromatic nitrogens is 2. The Morgan fingerprint density at radius 2 is 1.65 bits per heavy atom. The van der Waals surface area contributed by atoms with Crippen LogP contribution in [-0.2, 0) is 0 Å². The molecule has 0 amide bonds. The van der Waals surface area contributed by atoms with Gasteiger partial charge in [0.25, 0.3) is 0 Å². The normalized spacial score (nSPS) is 16.4. The van der Waals surface area contributed by atoms with Crippen LogP contribution in [0.4, 0.5) is 0 Å². The first-order chi connectivity index (χ1) is 15.3. The summed E-state index contributed by atoms with van der Waals surface area (Å²) in [5.74, 6) is 0.212. The minimum Gasteiger partial charge on any atom is -0.411 e. The first-order valence-corrected chi connectivity index (χ1v) is 10.3. The zero-order valence-corrected chi connectivity index (χ0v) is 16.7. The zero-order valence-electron chi connectivity index (χ0n) is 16.7. The summed E-state index contributed by atoms with van der Waals surface area (Å²) in [7, 11) is 0. The summed E-state index contributed by atoms with van der Waals surface area (Å²) in [6, 6.07) is 25.0. The van der Waals surface area contributed by atoms with E-state index in [1.54, 1.807) is 0 Å². The van der Waals surface area contributed by atoms with Gasteiger partial charge in [-0.3, -0.25) is 0 Å². The SMILES string of the molecule is [NH-]/C(=N\C1C=CC=CN1)n1c2ccccc2c2ccc3c(ccn3-c3ccccc3)c21. The molecule has 0 saturated heterocycles. The Balaban J connectivity index is 1.66. The molecule has 2 N–H and O–H groups in total. The molecule has 0 radical (unpaired) electrons. The maximum atomic E-state index is 8.88. The molecule has 150 valence electrons. The molecular weight excluding hydrogens is 382 g/mol. The number of benzene rings is 3. The lowest BCUT2D eigenvalue weighted by molar-refractivity contribution is 0.727. The van der Waals surface area contributed by atoms with Gasteiger partial charge in [-0.05, 0) is 52.8 Å². The van der Waals surface area contributed by atoms with Crippen LogP contribution in [0.25, 0.3) is 44.1 Å². The predicted molar refractivity (Wildman–Crippen MR) is 129 cm³/mol. The minimum atomic E-state index is -0.248. The zero-order chi connectivity index (χ0) is 20.8. The van der Waals surface area contributed by atoms with Gasteiger partial charge in [0.05, 0.1) is 11.7 Å². The molecule has 5 aromatic rings. The summed E-state index contributed by atoms with van der Waals surface area (Å²) in [5.41, 5.74) is 13.1. The van der Waals surface area contributed by atoms with Gasteiger partial charge in [0.15, 0.2) is 0 Å². The second-order valence-electron chi connectivity index (χ2n) is 7.58. The van der Waals surface area contributed by atoms with E-state index in [4.69, 9.17) is 5.73 Å². The quantitative estimate of drug-likeness (QED) is 0.286. The fraction of sp³-hybridized carbons (Fsp3) is 0.0385. The molecule has 1 atom stereocenters. The smallest absolute Gasteiger partial charge is 0.0794 e. The van der Waals surface area contributed by atoms with Gasteiger partial charge >= 0.3 is 0 Å². The van der Waals surface area contributed by atoms with Crippen LogP contribution in [0.2, 0.25) is 0 Å². The maximum Gasteiger partial charge on any atom is 0.0794 e. The van der Waals surface area contributed by atoms with Crippen LogP contribution >= 0.6 is 0 Å². The maximum absolute atomic E-state index is 8.88. The van der Waals surface area contributed by atoms with E-state index in [-0.39, 0.29) is 12.1 Å². The average Bonchev–Trinajstić information content (AvgIpc) is 3.39. The summed E-state index contributed by atoms with van der Waals surface area (Å²) < 4.78 is 4.16. The molecule has 0 fully saturated rings. The van der Waals surface area contributed by atoms with Gasteiger partial charge in [0.2, 0.25) is 0 Å². The summed E-state index contributed by atoms with van der Waals surface area (Å²) in [4.78, 5) is 4.64. The lowest BCUT2D eigenvalue weighted by Gasteiger charge is -2.21. The van der Waals surface area contributed by atoms with Crippen molar-refractivity contribution in [3.05, 3.63) is 109 Å². The molecule has 5 nitrogen and oxygen atoms in total. The number of fused-ring (bicyclic) bond motifs is 5. The molecule has 3 aromatic carbocycles. The molecule has 2 aromatic heterocycles. The molecule has 1 aliphatic rings. The summed E-state index contributed by atoms with van der Waals surface area (Å²) in [5, 5.41) is 6.53. The highest BCUT2D eigenvalue weighted by Gasteiger charge is 2.13. The number of dihydropyridines is 1. The van der Waals surface area contributed by atoms with Crippen molar-refractivity contribution in [2.45, 2.75) is 6.17 Å². The fourth-order valence-electron chi connectivity index (χ4n) is 4.41. The molecule has 1 unspecified atom stereocenters. The monoisotopic (exact) mass is 402 g/mol. The lowest BCUT2D eigenvalue weighted by atomic mass is 10.1. The molecule has 0 bridgehead atoms. The number of nitrogens with one attached hydrogen (secondary N) is 2. The van der Waals surface area contributed by atoms with Gasteiger partial charge in [0, 0.05) is 28.7 Å². The van der Waals surface area contributed by atoms with Crippen molar-refractivity contribution in [1.82, 2.24) is 14.5 Å². The number of hydrogen-bond donors (Lipinski definition) is 1. The van der Waals surface area contributed by atoms with Gasteiger partial charge in [-0.2, -0.15) is 0 Å². The van der Waals surface area contributed by atoms with Crippen molar-refractivity contribution in [2.24, 2.45) is 4.99 Å². The molecule has 5 heteroatoms. The first-order valence-electron chi connectivity index (χ1n) is 10.3.